The van der Waals surface area contributed by atoms with Crippen LogP contribution in [0.4, 0.5) is 0 Å². The van der Waals surface area contributed by atoms with E-state index in [4.69, 9.17) is 4.74 Å². The Hall–Kier alpha value is -0.120. The van der Waals surface area contributed by atoms with Gasteiger partial charge in [-0.3, -0.25) is 0 Å². The SMILES string of the molecule is COCCCNCCN1CCCC1. The predicted molar refractivity (Wildman–Crippen MR) is 55.0 cm³/mol. The van der Waals surface area contributed by atoms with Gasteiger partial charge < -0.3 is 15.0 Å². The Labute approximate surface area is 81.4 Å². The molecule has 1 fully saturated rings. The maximum atomic E-state index is 4.97. The van der Waals surface area contributed by atoms with Crippen LogP contribution < -0.4 is 5.32 Å². The molecule has 0 aromatic heterocycles. The summed E-state index contributed by atoms with van der Waals surface area (Å²) in [6.45, 7) is 6.91. The van der Waals surface area contributed by atoms with Gasteiger partial charge in [-0.25, -0.2) is 0 Å². The highest BCUT2D eigenvalue weighted by Gasteiger charge is 2.09. The summed E-state index contributed by atoms with van der Waals surface area (Å²) >= 11 is 0. The van der Waals surface area contributed by atoms with Gasteiger partial charge in [-0.1, -0.05) is 0 Å². The summed E-state index contributed by atoms with van der Waals surface area (Å²) < 4.78 is 4.97. The van der Waals surface area contributed by atoms with Gasteiger partial charge in [0.15, 0.2) is 0 Å². The largest absolute Gasteiger partial charge is 0.385 e. The predicted octanol–water partition coefficient (Wildman–Crippen LogP) is 0.708. The molecule has 0 atom stereocenters. The number of ether oxygens (including phenoxy) is 1. The van der Waals surface area contributed by atoms with E-state index < -0.39 is 0 Å². The highest BCUT2D eigenvalue weighted by atomic mass is 16.5. The molecule has 0 bridgehead atoms. The molecule has 1 rings (SSSR count). The van der Waals surface area contributed by atoms with Crippen LogP contribution in [0.25, 0.3) is 0 Å². The van der Waals surface area contributed by atoms with Crippen molar-refractivity contribution in [3.63, 3.8) is 0 Å². The van der Waals surface area contributed by atoms with Gasteiger partial charge in [0.05, 0.1) is 0 Å². The molecule has 78 valence electrons. The maximum absolute atomic E-state index is 4.97. The van der Waals surface area contributed by atoms with E-state index in [9.17, 15) is 0 Å². The van der Waals surface area contributed by atoms with Gasteiger partial charge >= 0.3 is 0 Å². The summed E-state index contributed by atoms with van der Waals surface area (Å²) in [4.78, 5) is 2.53. The van der Waals surface area contributed by atoms with E-state index in [2.05, 4.69) is 10.2 Å². The lowest BCUT2D eigenvalue weighted by Gasteiger charge is -2.14. The number of hydrogen-bond acceptors (Lipinski definition) is 3. The lowest BCUT2D eigenvalue weighted by Crippen LogP contribution is -2.30. The molecule has 1 heterocycles. The molecule has 1 N–H and O–H groups in total. The second-order valence-electron chi connectivity index (χ2n) is 3.65. The summed E-state index contributed by atoms with van der Waals surface area (Å²) in [6.07, 6.45) is 3.91. The molecule has 1 aliphatic heterocycles. The smallest absolute Gasteiger partial charge is 0.0474 e. The van der Waals surface area contributed by atoms with Crippen molar-refractivity contribution < 1.29 is 4.74 Å². The fourth-order valence-electron chi connectivity index (χ4n) is 1.71. The first kappa shape index (κ1) is 11.0. The number of hydrogen-bond donors (Lipinski definition) is 1. The van der Waals surface area contributed by atoms with Gasteiger partial charge in [0.2, 0.25) is 0 Å². The van der Waals surface area contributed by atoms with E-state index in [1.165, 1.54) is 32.5 Å². The van der Waals surface area contributed by atoms with E-state index in [1.54, 1.807) is 7.11 Å². The molecule has 3 heteroatoms. The van der Waals surface area contributed by atoms with Gasteiger partial charge in [0.1, 0.15) is 0 Å². The highest BCUT2D eigenvalue weighted by molar-refractivity contribution is 4.66. The zero-order valence-electron chi connectivity index (χ0n) is 8.72. The topological polar surface area (TPSA) is 24.5 Å². The van der Waals surface area contributed by atoms with Gasteiger partial charge in [-0.15, -0.1) is 0 Å². The Morgan fingerprint density at radius 1 is 1.23 bits per heavy atom. The highest BCUT2D eigenvalue weighted by Crippen LogP contribution is 2.05. The van der Waals surface area contributed by atoms with Crippen LogP contribution in [-0.4, -0.2) is 51.3 Å². The van der Waals surface area contributed by atoms with Crippen LogP contribution in [0.2, 0.25) is 0 Å². The minimum Gasteiger partial charge on any atom is -0.385 e. The fraction of sp³-hybridized carbons (Fsp3) is 1.00. The van der Waals surface area contributed by atoms with Crippen molar-refractivity contribution in [3.8, 4) is 0 Å². The van der Waals surface area contributed by atoms with Gasteiger partial charge in [-0.2, -0.15) is 0 Å². The molecule has 0 spiro atoms. The maximum Gasteiger partial charge on any atom is 0.0474 e. The Kier molecular flexibility index (Phi) is 6.15. The standard InChI is InChI=1S/C10H22N2O/c1-13-10-4-5-11-6-9-12-7-2-3-8-12/h11H,2-10H2,1H3. The first-order valence-corrected chi connectivity index (χ1v) is 5.35. The molecule has 1 aliphatic rings. The number of methoxy groups -OCH3 is 1. The lowest BCUT2D eigenvalue weighted by molar-refractivity contribution is 0.194. The second-order valence-corrected chi connectivity index (χ2v) is 3.65. The third kappa shape index (κ3) is 5.24. The third-order valence-electron chi connectivity index (χ3n) is 2.51. The molecule has 0 radical (unpaired) electrons. The van der Waals surface area contributed by atoms with Crippen molar-refractivity contribution >= 4 is 0 Å². The molecule has 0 saturated carbocycles. The monoisotopic (exact) mass is 186 g/mol. The Bertz CT molecular complexity index is 113. The van der Waals surface area contributed by atoms with Crippen LogP contribution in [-0.2, 0) is 4.74 Å². The lowest BCUT2D eigenvalue weighted by atomic mass is 10.4. The minimum absolute atomic E-state index is 0.872. The molecular weight excluding hydrogens is 164 g/mol. The molecule has 1 saturated heterocycles. The fourth-order valence-corrected chi connectivity index (χ4v) is 1.71. The van der Waals surface area contributed by atoms with E-state index in [0.717, 1.165) is 26.1 Å². The average Bonchev–Trinajstić information content (AvgIpc) is 2.63. The number of rotatable bonds is 7. The van der Waals surface area contributed by atoms with Crippen LogP contribution in [0.15, 0.2) is 0 Å². The molecule has 0 amide bonds. The van der Waals surface area contributed by atoms with Gasteiger partial charge in [-0.05, 0) is 38.9 Å². The molecular formula is C10H22N2O. The minimum atomic E-state index is 0.872. The van der Waals surface area contributed by atoms with Crippen LogP contribution in [0.5, 0.6) is 0 Å². The quantitative estimate of drug-likeness (QED) is 0.593. The molecule has 0 aliphatic carbocycles. The Morgan fingerprint density at radius 3 is 2.69 bits per heavy atom. The van der Waals surface area contributed by atoms with E-state index in [-0.39, 0.29) is 0 Å². The van der Waals surface area contributed by atoms with Crippen molar-refractivity contribution in [2.45, 2.75) is 19.3 Å². The molecule has 0 unspecified atom stereocenters. The average molecular weight is 186 g/mol. The van der Waals surface area contributed by atoms with Crippen molar-refractivity contribution in [2.24, 2.45) is 0 Å². The van der Waals surface area contributed by atoms with Crippen molar-refractivity contribution in [2.75, 3.05) is 46.4 Å². The van der Waals surface area contributed by atoms with E-state index >= 15 is 0 Å². The van der Waals surface area contributed by atoms with E-state index in [0.29, 0.717) is 0 Å². The van der Waals surface area contributed by atoms with E-state index in [1.807, 2.05) is 0 Å². The molecule has 0 aromatic carbocycles. The van der Waals surface area contributed by atoms with Crippen molar-refractivity contribution in [1.82, 2.24) is 10.2 Å². The number of likely N-dealkylation sites (tertiary alicyclic amines) is 1. The summed E-state index contributed by atoms with van der Waals surface area (Å²) in [6, 6.07) is 0. The number of nitrogens with one attached hydrogen (secondary N) is 1. The van der Waals surface area contributed by atoms with Crippen molar-refractivity contribution in [3.05, 3.63) is 0 Å². The second kappa shape index (κ2) is 7.30. The zero-order chi connectivity index (χ0) is 9.36. The zero-order valence-corrected chi connectivity index (χ0v) is 8.72. The summed E-state index contributed by atoms with van der Waals surface area (Å²) in [5.74, 6) is 0. The van der Waals surface area contributed by atoms with Gasteiger partial charge in [0, 0.05) is 26.8 Å². The summed E-state index contributed by atoms with van der Waals surface area (Å²) in [5.41, 5.74) is 0. The Morgan fingerprint density at radius 2 is 2.00 bits per heavy atom. The summed E-state index contributed by atoms with van der Waals surface area (Å²) in [5, 5.41) is 3.43. The Balaban J connectivity index is 1.78. The van der Waals surface area contributed by atoms with Crippen molar-refractivity contribution in [1.29, 1.82) is 0 Å². The van der Waals surface area contributed by atoms with Gasteiger partial charge in [0.25, 0.3) is 0 Å². The molecule has 13 heavy (non-hydrogen) atoms. The first-order valence-electron chi connectivity index (χ1n) is 5.35. The molecule has 0 aromatic rings. The van der Waals surface area contributed by atoms with Crippen LogP contribution in [0, 0.1) is 0 Å². The van der Waals surface area contributed by atoms with Crippen LogP contribution >= 0.6 is 0 Å². The normalized spacial score (nSPS) is 18.2. The summed E-state index contributed by atoms with van der Waals surface area (Å²) in [7, 11) is 1.75. The van der Waals surface area contributed by atoms with Crippen LogP contribution in [0.1, 0.15) is 19.3 Å². The van der Waals surface area contributed by atoms with Crippen LogP contribution in [0.3, 0.4) is 0 Å². The number of nitrogens with zero attached hydrogens (tertiary/aromatic N) is 1. The first-order chi connectivity index (χ1) is 6.43. The molecule has 3 nitrogen and oxygen atoms in total. The third-order valence-corrected chi connectivity index (χ3v) is 2.51.